The summed E-state index contributed by atoms with van der Waals surface area (Å²) in [5.41, 5.74) is 9.22. The maximum absolute atomic E-state index is 11.3. The molecule has 0 fully saturated rings. The molecule has 1 aromatic rings. The Morgan fingerprint density at radius 2 is 2.50 bits per heavy atom. The van der Waals surface area contributed by atoms with Gasteiger partial charge in [-0.05, 0) is 17.2 Å². The number of methoxy groups -OCH3 is 1. The Balaban J connectivity index is 3.08. The van der Waals surface area contributed by atoms with Gasteiger partial charge in [-0.1, -0.05) is 5.11 Å². The summed E-state index contributed by atoms with van der Waals surface area (Å²) < 4.78 is 6.13. The molecule has 1 heterocycles. The highest BCUT2D eigenvalue weighted by molar-refractivity contribution is 5.87. The molecule has 0 saturated carbocycles. The van der Waals surface area contributed by atoms with Gasteiger partial charge in [-0.15, -0.1) is 0 Å². The Hall–Kier alpha value is -1.98. The van der Waals surface area contributed by atoms with Crippen molar-refractivity contribution in [3.8, 4) is 0 Å². The molecular formula is C9H12N4O3. The van der Waals surface area contributed by atoms with E-state index in [-0.39, 0.29) is 6.61 Å². The molecule has 0 bridgehead atoms. The largest absolute Gasteiger partial charge is 0.464 e. The van der Waals surface area contributed by atoms with Gasteiger partial charge in [-0.25, -0.2) is 4.79 Å². The van der Waals surface area contributed by atoms with E-state index in [1.165, 1.54) is 13.2 Å². The standard InChI is InChI=1S/C9H12N4O3/c1-13-4-6(7(5-14)11-12-10)3-8(13)9(15)16-2/h3-4,7,14H,5H2,1-2H3. The summed E-state index contributed by atoms with van der Waals surface area (Å²) in [5, 5.41) is 12.4. The van der Waals surface area contributed by atoms with E-state index in [0.717, 1.165) is 0 Å². The van der Waals surface area contributed by atoms with Crippen LogP contribution in [0.4, 0.5) is 0 Å². The third-order valence-electron chi connectivity index (χ3n) is 2.17. The number of aliphatic hydroxyl groups excluding tert-OH is 1. The number of ether oxygens (including phenoxy) is 1. The van der Waals surface area contributed by atoms with Crippen molar-refractivity contribution in [2.24, 2.45) is 12.2 Å². The maximum Gasteiger partial charge on any atom is 0.354 e. The number of carbonyl (C=O) groups excluding carboxylic acids is 1. The molecule has 0 spiro atoms. The highest BCUT2D eigenvalue weighted by Crippen LogP contribution is 2.20. The van der Waals surface area contributed by atoms with Gasteiger partial charge in [0.15, 0.2) is 0 Å². The van der Waals surface area contributed by atoms with E-state index in [1.54, 1.807) is 17.8 Å². The predicted molar refractivity (Wildman–Crippen MR) is 55.7 cm³/mol. The fraction of sp³-hybridized carbons (Fsp3) is 0.444. The van der Waals surface area contributed by atoms with Crippen molar-refractivity contribution in [2.45, 2.75) is 6.04 Å². The molecule has 0 amide bonds. The van der Waals surface area contributed by atoms with Crippen LogP contribution in [0.3, 0.4) is 0 Å². The van der Waals surface area contributed by atoms with Crippen molar-refractivity contribution in [1.82, 2.24) is 4.57 Å². The predicted octanol–water partition coefficient (Wildman–Crippen LogP) is 1.16. The van der Waals surface area contributed by atoms with E-state index in [2.05, 4.69) is 14.8 Å². The van der Waals surface area contributed by atoms with Crippen LogP contribution in [0.5, 0.6) is 0 Å². The Morgan fingerprint density at radius 3 is 3.00 bits per heavy atom. The van der Waals surface area contributed by atoms with Crippen LogP contribution in [0.25, 0.3) is 10.4 Å². The summed E-state index contributed by atoms with van der Waals surface area (Å²) in [7, 11) is 2.95. The van der Waals surface area contributed by atoms with Gasteiger partial charge in [-0.2, -0.15) is 0 Å². The molecule has 1 N–H and O–H groups in total. The first kappa shape index (κ1) is 12.1. The second kappa shape index (κ2) is 5.20. The van der Waals surface area contributed by atoms with Crippen LogP contribution in [-0.2, 0) is 11.8 Å². The molecule has 0 aliphatic carbocycles. The minimum atomic E-state index is -0.686. The molecule has 0 aliphatic rings. The average Bonchev–Trinajstić information content (AvgIpc) is 2.67. The Morgan fingerprint density at radius 1 is 1.81 bits per heavy atom. The van der Waals surface area contributed by atoms with Crippen molar-refractivity contribution in [2.75, 3.05) is 13.7 Å². The Labute approximate surface area is 91.9 Å². The van der Waals surface area contributed by atoms with E-state index in [9.17, 15) is 4.79 Å². The first-order valence-electron chi connectivity index (χ1n) is 4.53. The SMILES string of the molecule is COC(=O)c1cc(C(CO)N=[N+]=[N-])cn1C. The summed E-state index contributed by atoms with van der Waals surface area (Å²) in [6.45, 7) is -0.311. The number of aliphatic hydroxyl groups is 1. The van der Waals surface area contributed by atoms with Crippen molar-refractivity contribution >= 4 is 5.97 Å². The molecule has 86 valence electrons. The van der Waals surface area contributed by atoms with Crippen LogP contribution in [-0.4, -0.2) is 29.4 Å². The van der Waals surface area contributed by atoms with Gasteiger partial charge in [0.25, 0.3) is 0 Å². The van der Waals surface area contributed by atoms with Gasteiger partial charge in [0.2, 0.25) is 0 Å². The molecule has 1 unspecified atom stereocenters. The lowest BCUT2D eigenvalue weighted by Gasteiger charge is -2.02. The number of aryl methyl sites for hydroxylation is 1. The van der Waals surface area contributed by atoms with Crippen LogP contribution >= 0.6 is 0 Å². The summed E-state index contributed by atoms with van der Waals surface area (Å²) in [6.07, 6.45) is 1.61. The van der Waals surface area contributed by atoms with E-state index in [4.69, 9.17) is 10.6 Å². The fourth-order valence-corrected chi connectivity index (χ4v) is 1.35. The first-order chi connectivity index (χ1) is 7.63. The van der Waals surface area contributed by atoms with Crippen LogP contribution in [0, 0.1) is 0 Å². The number of hydrogen-bond donors (Lipinski definition) is 1. The summed E-state index contributed by atoms with van der Waals surface area (Å²) in [6, 6.07) is 0.844. The van der Waals surface area contributed by atoms with Crippen molar-refractivity contribution < 1.29 is 14.6 Å². The monoisotopic (exact) mass is 224 g/mol. The van der Waals surface area contributed by atoms with Crippen LogP contribution in [0.2, 0.25) is 0 Å². The topological polar surface area (TPSA) is 100 Å². The summed E-state index contributed by atoms with van der Waals surface area (Å²) in [4.78, 5) is 13.9. The normalized spacial score (nSPS) is 11.7. The van der Waals surface area contributed by atoms with Gasteiger partial charge >= 0.3 is 5.97 Å². The van der Waals surface area contributed by atoms with E-state index in [1.807, 2.05) is 0 Å². The van der Waals surface area contributed by atoms with Gasteiger partial charge < -0.3 is 14.4 Å². The lowest BCUT2D eigenvalue weighted by atomic mass is 10.2. The number of carbonyl (C=O) groups is 1. The molecular weight excluding hydrogens is 212 g/mol. The average molecular weight is 224 g/mol. The second-order valence-electron chi connectivity index (χ2n) is 3.16. The number of azide groups is 1. The van der Waals surface area contributed by atoms with E-state index >= 15 is 0 Å². The number of aromatic nitrogens is 1. The molecule has 16 heavy (non-hydrogen) atoms. The number of esters is 1. The molecule has 1 rings (SSSR count). The summed E-state index contributed by atoms with van der Waals surface area (Å²) >= 11 is 0. The Bertz CT molecular complexity index is 434. The molecule has 7 heteroatoms. The smallest absolute Gasteiger partial charge is 0.354 e. The van der Waals surface area contributed by atoms with Crippen LogP contribution < -0.4 is 0 Å². The van der Waals surface area contributed by atoms with Gasteiger partial charge in [0.1, 0.15) is 5.69 Å². The fourth-order valence-electron chi connectivity index (χ4n) is 1.35. The van der Waals surface area contributed by atoms with E-state index in [0.29, 0.717) is 11.3 Å². The van der Waals surface area contributed by atoms with Gasteiger partial charge in [0.05, 0.1) is 19.8 Å². The Kier molecular flexibility index (Phi) is 3.93. The van der Waals surface area contributed by atoms with E-state index < -0.39 is 12.0 Å². The van der Waals surface area contributed by atoms with Gasteiger partial charge in [0, 0.05) is 18.2 Å². The molecule has 7 nitrogen and oxygen atoms in total. The molecule has 0 radical (unpaired) electrons. The number of hydrogen-bond acceptors (Lipinski definition) is 4. The first-order valence-corrected chi connectivity index (χ1v) is 4.53. The minimum absolute atomic E-state index is 0.311. The highest BCUT2D eigenvalue weighted by atomic mass is 16.5. The van der Waals surface area contributed by atoms with Crippen LogP contribution in [0.1, 0.15) is 22.1 Å². The third-order valence-corrected chi connectivity index (χ3v) is 2.17. The molecule has 0 aromatic carbocycles. The zero-order valence-corrected chi connectivity index (χ0v) is 8.99. The molecule has 0 saturated heterocycles. The molecule has 1 aromatic heterocycles. The maximum atomic E-state index is 11.3. The highest BCUT2D eigenvalue weighted by Gasteiger charge is 2.16. The van der Waals surface area contributed by atoms with Crippen molar-refractivity contribution in [3.05, 3.63) is 34.0 Å². The van der Waals surface area contributed by atoms with Crippen molar-refractivity contribution in [1.29, 1.82) is 0 Å². The van der Waals surface area contributed by atoms with Crippen molar-refractivity contribution in [3.63, 3.8) is 0 Å². The lowest BCUT2D eigenvalue weighted by Crippen LogP contribution is -2.06. The third kappa shape index (κ3) is 2.33. The lowest BCUT2D eigenvalue weighted by molar-refractivity contribution is 0.0590. The van der Waals surface area contributed by atoms with Gasteiger partial charge in [-0.3, -0.25) is 0 Å². The number of nitrogens with zero attached hydrogens (tertiary/aromatic N) is 4. The summed E-state index contributed by atoms with van der Waals surface area (Å²) in [5.74, 6) is -0.480. The van der Waals surface area contributed by atoms with Crippen LogP contribution in [0.15, 0.2) is 17.4 Å². The molecule has 1 atom stereocenters. The zero-order valence-electron chi connectivity index (χ0n) is 8.99. The second-order valence-corrected chi connectivity index (χ2v) is 3.16. The zero-order chi connectivity index (χ0) is 12.1. The minimum Gasteiger partial charge on any atom is -0.464 e. The molecule has 0 aliphatic heterocycles. The quantitative estimate of drug-likeness (QED) is 0.359. The number of rotatable bonds is 4.